The van der Waals surface area contributed by atoms with Crippen LogP contribution < -0.4 is 25.2 Å². The smallest absolute Gasteiger partial charge is 0.319 e. The zero-order valence-electron chi connectivity index (χ0n) is 21.7. The molecule has 2 N–H and O–H groups in total. The van der Waals surface area contributed by atoms with Gasteiger partial charge in [0.15, 0.2) is 0 Å². The third kappa shape index (κ3) is 5.71. The van der Waals surface area contributed by atoms with E-state index in [0.717, 1.165) is 41.8 Å². The van der Waals surface area contributed by atoms with E-state index in [4.69, 9.17) is 16.3 Å². The highest BCUT2D eigenvalue weighted by Crippen LogP contribution is 2.43. The van der Waals surface area contributed by atoms with Gasteiger partial charge in [-0.3, -0.25) is 9.59 Å². The fraction of sp³-hybridized carbons (Fsp3) is 0.300. The molecule has 1 aliphatic carbocycles. The van der Waals surface area contributed by atoms with Crippen LogP contribution in [0.2, 0.25) is 0 Å². The van der Waals surface area contributed by atoms with Crippen molar-refractivity contribution in [2.24, 2.45) is 5.92 Å². The Morgan fingerprint density at radius 1 is 0.949 bits per heavy atom. The minimum atomic E-state index is -0.313. The Morgan fingerprint density at radius 3 is 2.33 bits per heavy atom. The van der Waals surface area contributed by atoms with Crippen molar-refractivity contribution in [3.63, 3.8) is 0 Å². The summed E-state index contributed by atoms with van der Waals surface area (Å²) in [5.41, 5.74) is 3.94. The van der Waals surface area contributed by atoms with E-state index < -0.39 is 0 Å². The summed E-state index contributed by atoms with van der Waals surface area (Å²) < 4.78 is 5.16. The van der Waals surface area contributed by atoms with Crippen LogP contribution in [0.1, 0.15) is 30.4 Å². The Balaban J connectivity index is 1.28. The highest BCUT2D eigenvalue weighted by molar-refractivity contribution is 6.30. The predicted octanol–water partition coefficient (Wildman–Crippen LogP) is 5.30. The number of alkyl halides is 1. The lowest BCUT2D eigenvalue weighted by molar-refractivity contribution is -0.122. The molecule has 39 heavy (non-hydrogen) atoms. The minimum absolute atomic E-state index is 0.0231. The van der Waals surface area contributed by atoms with Gasteiger partial charge in [0.2, 0.25) is 11.8 Å². The van der Waals surface area contributed by atoms with Gasteiger partial charge in [0, 0.05) is 18.3 Å². The zero-order valence-corrected chi connectivity index (χ0v) is 22.5. The van der Waals surface area contributed by atoms with Crippen molar-refractivity contribution in [2.45, 2.75) is 38.4 Å². The van der Waals surface area contributed by atoms with Gasteiger partial charge < -0.3 is 25.2 Å². The SMILES string of the molecule is COc1ccc(CNC(=O)Nc2ccc(CN3C(=O)[C@H]4CCC[C@H]4N(C(=O)CCl)c4ccccc43)cc2)cc1. The second-order valence-electron chi connectivity index (χ2n) is 9.77. The number of rotatable bonds is 7. The van der Waals surface area contributed by atoms with Gasteiger partial charge in [0.05, 0.1) is 30.9 Å². The number of amides is 4. The van der Waals surface area contributed by atoms with E-state index in [-0.39, 0.29) is 35.7 Å². The van der Waals surface area contributed by atoms with Crippen molar-refractivity contribution >= 4 is 46.5 Å². The number of methoxy groups -OCH3 is 1. The Bertz CT molecular complexity index is 1350. The monoisotopic (exact) mass is 546 g/mol. The van der Waals surface area contributed by atoms with Crippen LogP contribution in [0.15, 0.2) is 72.8 Å². The van der Waals surface area contributed by atoms with E-state index >= 15 is 0 Å². The van der Waals surface area contributed by atoms with Gasteiger partial charge in [-0.05, 0) is 60.4 Å². The van der Waals surface area contributed by atoms with E-state index in [1.165, 1.54) is 0 Å². The maximum Gasteiger partial charge on any atom is 0.319 e. The third-order valence-electron chi connectivity index (χ3n) is 7.37. The number of nitrogens with zero attached hydrogens (tertiary/aromatic N) is 2. The van der Waals surface area contributed by atoms with Gasteiger partial charge in [0.25, 0.3) is 0 Å². The molecule has 1 saturated carbocycles. The van der Waals surface area contributed by atoms with Crippen molar-refractivity contribution in [1.82, 2.24) is 5.32 Å². The Kier molecular flexibility index (Phi) is 8.02. The maximum atomic E-state index is 13.8. The molecule has 8 nitrogen and oxygen atoms in total. The van der Waals surface area contributed by atoms with Crippen LogP contribution in [0.5, 0.6) is 5.75 Å². The molecule has 3 aromatic rings. The van der Waals surface area contributed by atoms with E-state index in [9.17, 15) is 14.4 Å². The van der Waals surface area contributed by atoms with E-state index in [1.807, 2.05) is 72.8 Å². The molecule has 3 aromatic carbocycles. The first-order valence-corrected chi connectivity index (χ1v) is 13.6. The first kappa shape index (κ1) is 26.6. The Hall–Kier alpha value is -4.04. The van der Waals surface area contributed by atoms with Crippen LogP contribution in [-0.4, -0.2) is 36.9 Å². The number of carbonyl (C=O) groups excluding carboxylic acids is 3. The largest absolute Gasteiger partial charge is 0.497 e. The molecule has 1 fully saturated rings. The molecule has 0 saturated heterocycles. The summed E-state index contributed by atoms with van der Waals surface area (Å²) in [5, 5.41) is 5.69. The van der Waals surface area contributed by atoms with Crippen molar-refractivity contribution in [3.05, 3.63) is 83.9 Å². The highest BCUT2D eigenvalue weighted by atomic mass is 35.5. The third-order valence-corrected chi connectivity index (χ3v) is 7.60. The molecule has 5 rings (SSSR count). The van der Waals surface area contributed by atoms with Crippen LogP contribution >= 0.6 is 11.6 Å². The van der Waals surface area contributed by atoms with Crippen molar-refractivity contribution in [2.75, 3.05) is 28.1 Å². The first-order valence-electron chi connectivity index (χ1n) is 13.0. The number of carbonyl (C=O) groups is 3. The van der Waals surface area contributed by atoms with Crippen LogP contribution in [-0.2, 0) is 22.7 Å². The lowest BCUT2D eigenvalue weighted by Gasteiger charge is -2.30. The molecule has 0 spiro atoms. The van der Waals surface area contributed by atoms with Crippen molar-refractivity contribution < 1.29 is 19.1 Å². The van der Waals surface area contributed by atoms with Crippen molar-refractivity contribution in [3.8, 4) is 5.75 Å². The summed E-state index contributed by atoms with van der Waals surface area (Å²) in [6, 6.07) is 21.9. The fourth-order valence-electron chi connectivity index (χ4n) is 5.46. The first-order chi connectivity index (χ1) is 19.0. The van der Waals surface area contributed by atoms with Gasteiger partial charge >= 0.3 is 6.03 Å². The fourth-order valence-corrected chi connectivity index (χ4v) is 5.58. The van der Waals surface area contributed by atoms with Crippen molar-refractivity contribution in [1.29, 1.82) is 0 Å². The number of urea groups is 1. The highest BCUT2D eigenvalue weighted by Gasteiger charge is 2.45. The maximum absolute atomic E-state index is 13.8. The second kappa shape index (κ2) is 11.8. The number of benzene rings is 3. The van der Waals surface area contributed by atoms with Crippen LogP contribution in [0.3, 0.4) is 0 Å². The molecule has 0 aromatic heterocycles. The number of para-hydroxylation sites is 2. The standard InChI is InChI=1S/C30H31ClN4O4/c1-39-23-15-11-20(12-16-23)18-32-30(38)33-22-13-9-21(10-14-22)19-34-26-6-2-3-7-27(26)35(28(36)17-31)25-8-4-5-24(25)29(34)37/h2-3,6-7,9-16,24-25H,4-5,8,17-19H2,1H3,(H2,32,33,38)/t24-,25+/m0/s1. The molecule has 1 heterocycles. The average molecular weight is 547 g/mol. The number of halogens is 1. The lowest BCUT2D eigenvalue weighted by Crippen LogP contribution is -2.45. The summed E-state index contributed by atoms with van der Waals surface area (Å²) in [5.74, 6) is 0.206. The molecule has 4 amide bonds. The number of ether oxygens (including phenoxy) is 1. The average Bonchev–Trinajstić information content (AvgIpc) is 3.42. The summed E-state index contributed by atoms with van der Waals surface area (Å²) in [7, 11) is 1.61. The molecule has 202 valence electrons. The number of anilines is 3. The van der Waals surface area contributed by atoms with Gasteiger partial charge in [-0.2, -0.15) is 0 Å². The summed E-state index contributed by atoms with van der Waals surface area (Å²) >= 11 is 5.98. The van der Waals surface area contributed by atoms with Crippen LogP contribution in [0.25, 0.3) is 0 Å². The molecule has 2 aliphatic rings. The summed E-state index contributed by atoms with van der Waals surface area (Å²) in [4.78, 5) is 42.6. The molecule has 9 heteroatoms. The molecular formula is C30H31ClN4O4. The van der Waals surface area contributed by atoms with Crippen LogP contribution in [0, 0.1) is 5.92 Å². The molecule has 0 bridgehead atoms. The number of fused-ring (bicyclic) bond motifs is 2. The van der Waals surface area contributed by atoms with E-state index in [2.05, 4.69) is 10.6 Å². The molecule has 1 aliphatic heterocycles. The van der Waals surface area contributed by atoms with Crippen LogP contribution in [0.4, 0.5) is 21.9 Å². The Labute approximate surface area is 232 Å². The zero-order chi connectivity index (χ0) is 27.4. The Morgan fingerprint density at radius 2 is 1.64 bits per heavy atom. The number of hydrogen-bond acceptors (Lipinski definition) is 4. The van der Waals surface area contributed by atoms with E-state index in [1.54, 1.807) is 16.9 Å². The molecule has 0 radical (unpaired) electrons. The minimum Gasteiger partial charge on any atom is -0.497 e. The normalized spacial score (nSPS) is 18.2. The molecular weight excluding hydrogens is 516 g/mol. The number of hydrogen-bond donors (Lipinski definition) is 2. The van der Waals surface area contributed by atoms with E-state index in [0.29, 0.717) is 24.5 Å². The van der Waals surface area contributed by atoms with Gasteiger partial charge in [-0.25, -0.2) is 4.79 Å². The topological polar surface area (TPSA) is 91.0 Å². The molecule has 2 atom stereocenters. The lowest BCUT2D eigenvalue weighted by atomic mass is 10.0. The number of nitrogens with one attached hydrogen (secondary N) is 2. The van der Waals surface area contributed by atoms with Gasteiger partial charge in [-0.15, -0.1) is 11.6 Å². The summed E-state index contributed by atoms with van der Waals surface area (Å²) in [6.45, 7) is 0.738. The van der Waals surface area contributed by atoms with Gasteiger partial charge in [-0.1, -0.05) is 42.8 Å². The second-order valence-corrected chi connectivity index (χ2v) is 10.0. The molecule has 0 unspecified atom stereocenters. The quantitative estimate of drug-likeness (QED) is 0.393. The summed E-state index contributed by atoms with van der Waals surface area (Å²) in [6.07, 6.45) is 2.42. The van der Waals surface area contributed by atoms with Gasteiger partial charge in [0.1, 0.15) is 11.6 Å². The predicted molar refractivity (Wildman–Crippen MR) is 152 cm³/mol.